The highest BCUT2D eigenvalue weighted by Crippen LogP contribution is 2.29. The molecule has 8 heteroatoms. The first kappa shape index (κ1) is 14.6. The van der Waals surface area contributed by atoms with Gasteiger partial charge in [-0.3, -0.25) is 20.2 Å². The maximum absolute atomic E-state index is 12.2. The van der Waals surface area contributed by atoms with Crippen molar-refractivity contribution in [3.63, 3.8) is 0 Å². The molecule has 110 valence electrons. The number of aromatic nitrogens is 1. The number of anilines is 1. The zero-order chi connectivity index (χ0) is 15.7. The molecule has 1 heterocycles. The van der Waals surface area contributed by atoms with Gasteiger partial charge in [-0.05, 0) is 34.1 Å². The number of nitro benzene ring substituents is 1. The summed E-state index contributed by atoms with van der Waals surface area (Å²) < 4.78 is 1.33. The number of thiazole rings is 1. The minimum absolute atomic E-state index is 0.000157. The van der Waals surface area contributed by atoms with Crippen molar-refractivity contribution in [3.05, 3.63) is 62.6 Å². The third-order valence-electron chi connectivity index (χ3n) is 2.92. The van der Waals surface area contributed by atoms with Crippen molar-refractivity contribution in [2.75, 3.05) is 5.32 Å². The number of hydrogen-bond acceptors (Lipinski definition) is 5. The lowest BCUT2D eigenvalue weighted by molar-refractivity contribution is -0.384. The molecule has 3 rings (SSSR count). The molecule has 1 amide bonds. The zero-order valence-electron chi connectivity index (χ0n) is 10.9. The maximum atomic E-state index is 12.2. The van der Waals surface area contributed by atoms with Gasteiger partial charge in [0.1, 0.15) is 0 Å². The first-order chi connectivity index (χ1) is 10.5. The summed E-state index contributed by atoms with van der Waals surface area (Å²) in [4.78, 5) is 26.8. The quantitative estimate of drug-likeness (QED) is 0.546. The molecule has 0 unspecified atom stereocenters. The van der Waals surface area contributed by atoms with Crippen molar-refractivity contribution in [1.82, 2.24) is 4.98 Å². The highest BCUT2D eigenvalue weighted by molar-refractivity contribution is 9.10. The summed E-state index contributed by atoms with van der Waals surface area (Å²) in [5, 5.41) is 13.9. The second-order valence-corrected chi connectivity index (χ2v) is 6.25. The molecule has 22 heavy (non-hydrogen) atoms. The molecule has 0 radical (unpaired) electrons. The number of hydrogen-bond donors (Lipinski definition) is 1. The Hall–Kier alpha value is -2.32. The van der Waals surface area contributed by atoms with Gasteiger partial charge in [-0.15, -0.1) is 0 Å². The first-order valence-electron chi connectivity index (χ1n) is 6.15. The molecule has 0 aliphatic carbocycles. The van der Waals surface area contributed by atoms with Crippen LogP contribution >= 0.6 is 27.3 Å². The van der Waals surface area contributed by atoms with E-state index in [0.29, 0.717) is 25.4 Å². The Kier molecular flexibility index (Phi) is 3.86. The standard InChI is InChI=1S/C14H8BrN3O3S/c15-10-4-2-1-3-9(10)13(19)17-14-16-11-6-5-8(18(20)21)7-12(11)22-14/h1-7H,(H,16,17,19). The number of amides is 1. The molecule has 3 aromatic rings. The predicted octanol–water partition coefficient (Wildman–Crippen LogP) is 4.22. The van der Waals surface area contributed by atoms with E-state index in [0.717, 1.165) is 0 Å². The normalized spacial score (nSPS) is 10.6. The minimum atomic E-state index is -0.460. The Morgan fingerprint density at radius 1 is 1.27 bits per heavy atom. The van der Waals surface area contributed by atoms with Gasteiger partial charge in [0, 0.05) is 16.6 Å². The van der Waals surface area contributed by atoms with Crippen LogP contribution in [0.5, 0.6) is 0 Å². The van der Waals surface area contributed by atoms with E-state index in [1.807, 2.05) is 6.07 Å². The Labute approximate surface area is 137 Å². The highest BCUT2D eigenvalue weighted by atomic mass is 79.9. The number of benzene rings is 2. The van der Waals surface area contributed by atoms with Gasteiger partial charge >= 0.3 is 0 Å². The molecule has 0 saturated heterocycles. The van der Waals surface area contributed by atoms with Crippen LogP contribution in [-0.2, 0) is 0 Å². The monoisotopic (exact) mass is 377 g/mol. The Morgan fingerprint density at radius 3 is 2.77 bits per heavy atom. The largest absolute Gasteiger partial charge is 0.298 e. The van der Waals surface area contributed by atoms with Gasteiger partial charge in [0.2, 0.25) is 0 Å². The van der Waals surface area contributed by atoms with Crippen LogP contribution in [0.15, 0.2) is 46.9 Å². The van der Waals surface area contributed by atoms with Crippen LogP contribution in [0.1, 0.15) is 10.4 Å². The zero-order valence-corrected chi connectivity index (χ0v) is 13.3. The van der Waals surface area contributed by atoms with Crippen molar-refractivity contribution in [3.8, 4) is 0 Å². The molecule has 0 aliphatic heterocycles. The van der Waals surface area contributed by atoms with Gasteiger partial charge in [0.15, 0.2) is 5.13 Å². The van der Waals surface area contributed by atoms with Gasteiger partial charge in [-0.25, -0.2) is 4.98 Å². The minimum Gasteiger partial charge on any atom is -0.298 e. The van der Waals surface area contributed by atoms with Gasteiger partial charge in [-0.2, -0.15) is 0 Å². The van der Waals surface area contributed by atoms with E-state index in [2.05, 4.69) is 26.2 Å². The van der Waals surface area contributed by atoms with Crippen LogP contribution in [0.2, 0.25) is 0 Å². The number of carbonyl (C=O) groups excluding carboxylic acids is 1. The molecule has 0 saturated carbocycles. The van der Waals surface area contributed by atoms with Crippen LogP contribution < -0.4 is 5.32 Å². The van der Waals surface area contributed by atoms with Crippen LogP contribution in [0, 0.1) is 10.1 Å². The molecule has 0 atom stereocenters. The summed E-state index contributed by atoms with van der Waals surface area (Å²) >= 11 is 4.51. The molecule has 2 aromatic carbocycles. The topological polar surface area (TPSA) is 85.1 Å². The number of carbonyl (C=O) groups is 1. The predicted molar refractivity (Wildman–Crippen MR) is 88.4 cm³/mol. The van der Waals surface area contributed by atoms with Crippen LogP contribution in [0.3, 0.4) is 0 Å². The smallest absolute Gasteiger partial charge is 0.270 e. The molecular weight excluding hydrogens is 370 g/mol. The lowest BCUT2D eigenvalue weighted by atomic mass is 10.2. The number of nitrogens with zero attached hydrogens (tertiary/aromatic N) is 2. The average Bonchev–Trinajstić information content (AvgIpc) is 2.88. The fourth-order valence-corrected chi connectivity index (χ4v) is 3.25. The number of halogens is 1. The summed E-state index contributed by atoms with van der Waals surface area (Å²) in [6, 6.07) is 11.5. The summed E-state index contributed by atoms with van der Waals surface area (Å²) in [5.74, 6) is -0.291. The highest BCUT2D eigenvalue weighted by Gasteiger charge is 2.14. The van der Waals surface area contributed by atoms with Crippen molar-refractivity contribution in [1.29, 1.82) is 0 Å². The molecule has 6 nitrogen and oxygen atoms in total. The SMILES string of the molecule is O=C(Nc1nc2ccc([N+](=O)[O-])cc2s1)c1ccccc1Br. The summed E-state index contributed by atoms with van der Waals surface area (Å²) in [7, 11) is 0. The van der Waals surface area contributed by atoms with E-state index >= 15 is 0 Å². The van der Waals surface area contributed by atoms with E-state index in [4.69, 9.17) is 0 Å². The van der Waals surface area contributed by atoms with Crippen molar-refractivity contribution in [2.45, 2.75) is 0 Å². The van der Waals surface area contributed by atoms with Crippen LogP contribution in [0.25, 0.3) is 10.2 Å². The number of non-ortho nitro benzene ring substituents is 1. The molecule has 1 aromatic heterocycles. The van der Waals surface area contributed by atoms with Crippen molar-refractivity contribution >= 4 is 54.2 Å². The molecule has 0 bridgehead atoms. The van der Waals surface area contributed by atoms with Gasteiger partial charge in [0.05, 0.1) is 20.7 Å². The van der Waals surface area contributed by atoms with Crippen molar-refractivity contribution < 1.29 is 9.72 Å². The number of fused-ring (bicyclic) bond motifs is 1. The maximum Gasteiger partial charge on any atom is 0.270 e. The van der Waals surface area contributed by atoms with Gasteiger partial charge in [-0.1, -0.05) is 23.5 Å². The molecule has 0 fully saturated rings. The summed E-state index contributed by atoms with van der Waals surface area (Å²) in [5.41, 5.74) is 1.10. The van der Waals surface area contributed by atoms with Crippen molar-refractivity contribution in [2.24, 2.45) is 0 Å². The summed E-state index contributed by atoms with van der Waals surface area (Å²) in [6.07, 6.45) is 0. The fraction of sp³-hybridized carbons (Fsp3) is 0. The van der Waals surface area contributed by atoms with E-state index in [-0.39, 0.29) is 11.6 Å². The van der Waals surface area contributed by atoms with E-state index in [9.17, 15) is 14.9 Å². The second kappa shape index (κ2) is 5.82. The molecular formula is C14H8BrN3O3S. The molecule has 1 N–H and O–H groups in total. The Morgan fingerprint density at radius 2 is 2.05 bits per heavy atom. The van der Waals surface area contributed by atoms with Gasteiger partial charge < -0.3 is 0 Å². The second-order valence-electron chi connectivity index (χ2n) is 4.36. The third kappa shape index (κ3) is 2.83. The van der Waals surface area contributed by atoms with Gasteiger partial charge in [0.25, 0.3) is 11.6 Å². The number of nitrogens with one attached hydrogen (secondary N) is 1. The lowest BCUT2D eigenvalue weighted by Crippen LogP contribution is -2.12. The lowest BCUT2D eigenvalue weighted by Gasteiger charge is -2.03. The first-order valence-corrected chi connectivity index (χ1v) is 7.76. The Bertz CT molecular complexity index is 894. The average molecular weight is 378 g/mol. The molecule has 0 aliphatic rings. The number of rotatable bonds is 3. The Balaban J connectivity index is 1.89. The van der Waals surface area contributed by atoms with E-state index < -0.39 is 4.92 Å². The van der Waals surface area contributed by atoms with Crippen LogP contribution in [0.4, 0.5) is 10.8 Å². The third-order valence-corrected chi connectivity index (χ3v) is 4.55. The fourth-order valence-electron chi connectivity index (χ4n) is 1.89. The summed E-state index contributed by atoms with van der Waals surface area (Å²) in [6.45, 7) is 0. The van der Waals surface area contributed by atoms with E-state index in [1.54, 1.807) is 24.3 Å². The number of nitro groups is 1. The van der Waals surface area contributed by atoms with Crippen LogP contribution in [-0.4, -0.2) is 15.8 Å². The molecule has 0 spiro atoms. The van der Waals surface area contributed by atoms with E-state index in [1.165, 1.54) is 23.5 Å².